The number of rotatable bonds is 4. The van der Waals surface area contributed by atoms with Gasteiger partial charge >= 0.3 is 10.1 Å². The van der Waals surface area contributed by atoms with E-state index in [4.69, 9.17) is 27.4 Å². The number of nitro benzene ring substituents is 1. The molecule has 0 unspecified atom stereocenters. The number of hydrogen-bond acceptors (Lipinski definition) is 5. The Morgan fingerprint density at radius 1 is 1.18 bits per heavy atom. The normalized spacial score (nSPS) is 11.2. The molecule has 2 aromatic carbocycles. The van der Waals surface area contributed by atoms with Gasteiger partial charge in [0.15, 0.2) is 10.6 Å². The molecule has 0 spiro atoms. The first-order chi connectivity index (χ1) is 10.2. The van der Waals surface area contributed by atoms with Crippen molar-refractivity contribution in [3.05, 3.63) is 62.1 Å². The van der Waals surface area contributed by atoms with Gasteiger partial charge in [-0.25, -0.2) is 0 Å². The minimum atomic E-state index is -4.42. The highest BCUT2D eigenvalue weighted by molar-refractivity contribution is 7.87. The Labute approximate surface area is 136 Å². The van der Waals surface area contributed by atoms with Gasteiger partial charge in [-0.15, -0.1) is 0 Å². The van der Waals surface area contributed by atoms with E-state index in [1.54, 1.807) is 0 Å². The van der Waals surface area contributed by atoms with Gasteiger partial charge < -0.3 is 4.18 Å². The predicted octanol–water partition coefficient (Wildman–Crippen LogP) is 3.98. The summed E-state index contributed by atoms with van der Waals surface area (Å²) in [5, 5.41) is 11.3. The molecule has 0 aromatic heterocycles. The summed E-state index contributed by atoms with van der Waals surface area (Å²) in [4.78, 5) is 9.73. The van der Waals surface area contributed by atoms with Crippen molar-refractivity contribution < 1.29 is 17.5 Å². The maximum atomic E-state index is 12.4. The van der Waals surface area contributed by atoms with E-state index in [1.165, 1.54) is 37.3 Å². The predicted molar refractivity (Wildman–Crippen MR) is 82.1 cm³/mol. The number of nitrogens with zero attached hydrogens (tertiary/aromatic N) is 1. The summed E-state index contributed by atoms with van der Waals surface area (Å²) < 4.78 is 29.7. The molecule has 0 atom stereocenters. The molecule has 2 rings (SSSR count). The van der Waals surface area contributed by atoms with Gasteiger partial charge in [0.25, 0.3) is 5.69 Å². The third-order valence-corrected chi connectivity index (χ3v) is 4.69. The zero-order valence-corrected chi connectivity index (χ0v) is 13.4. The van der Waals surface area contributed by atoms with Gasteiger partial charge in [-0.2, -0.15) is 8.42 Å². The van der Waals surface area contributed by atoms with Crippen LogP contribution in [0.5, 0.6) is 5.75 Å². The van der Waals surface area contributed by atoms with Crippen molar-refractivity contribution >= 4 is 39.0 Å². The van der Waals surface area contributed by atoms with Gasteiger partial charge in [-0.3, -0.25) is 10.1 Å². The highest BCUT2D eigenvalue weighted by Crippen LogP contribution is 2.33. The lowest BCUT2D eigenvalue weighted by molar-refractivity contribution is -0.388. The van der Waals surface area contributed by atoms with Crippen LogP contribution in [0.4, 0.5) is 5.69 Å². The lowest BCUT2D eigenvalue weighted by atomic mass is 10.2. The van der Waals surface area contributed by atoms with Crippen LogP contribution in [0, 0.1) is 17.0 Å². The zero-order chi connectivity index (χ0) is 16.5. The molecule has 0 aliphatic heterocycles. The van der Waals surface area contributed by atoms with E-state index in [2.05, 4.69) is 0 Å². The summed E-state index contributed by atoms with van der Waals surface area (Å²) in [6.45, 7) is 1.44. The van der Waals surface area contributed by atoms with Crippen molar-refractivity contribution in [1.82, 2.24) is 0 Å². The highest BCUT2D eigenvalue weighted by Gasteiger charge is 2.30. The van der Waals surface area contributed by atoms with Crippen molar-refractivity contribution in [1.29, 1.82) is 0 Å². The Balaban J connectivity index is 2.54. The molecule has 0 N–H and O–H groups in total. The smallest absolute Gasteiger partial charge is 0.346 e. The summed E-state index contributed by atoms with van der Waals surface area (Å²) in [6.07, 6.45) is 0. The fourth-order valence-electron chi connectivity index (χ4n) is 1.81. The SMILES string of the molecule is Cc1cccc([N+](=O)[O-])c1S(=O)(=O)Oc1ccc(Cl)cc1Cl. The van der Waals surface area contributed by atoms with Gasteiger partial charge in [0, 0.05) is 11.1 Å². The Kier molecular flexibility index (Phi) is 4.60. The third kappa shape index (κ3) is 3.32. The van der Waals surface area contributed by atoms with Crippen molar-refractivity contribution in [3.63, 3.8) is 0 Å². The second-order valence-corrected chi connectivity index (χ2v) is 6.62. The molecule has 9 heteroatoms. The maximum absolute atomic E-state index is 12.4. The van der Waals surface area contributed by atoms with Crippen molar-refractivity contribution in [2.75, 3.05) is 0 Å². The van der Waals surface area contributed by atoms with Crippen LogP contribution in [0.15, 0.2) is 41.3 Å². The van der Waals surface area contributed by atoms with Crippen LogP contribution in [0.1, 0.15) is 5.56 Å². The summed E-state index contributed by atoms with van der Waals surface area (Å²) >= 11 is 11.6. The Morgan fingerprint density at radius 2 is 1.86 bits per heavy atom. The molecule has 116 valence electrons. The van der Waals surface area contributed by atoms with Crippen molar-refractivity contribution in [3.8, 4) is 5.75 Å². The lowest BCUT2D eigenvalue weighted by Crippen LogP contribution is -2.13. The van der Waals surface area contributed by atoms with E-state index < -0.39 is 25.6 Å². The molecule has 2 aromatic rings. The second kappa shape index (κ2) is 6.12. The largest absolute Gasteiger partial charge is 0.377 e. The van der Waals surface area contributed by atoms with Crippen molar-refractivity contribution in [2.45, 2.75) is 11.8 Å². The standard InChI is InChI=1S/C13H9Cl2NO5S/c1-8-3-2-4-11(16(17)18)13(8)22(19,20)21-12-6-5-9(14)7-10(12)15/h2-7H,1H3. The molecule has 0 amide bonds. The summed E-state index contributed by atoms with van der Waals surface area (Å²) in [7, 11) is -4.42. The number of benzene rings is 2. The molecular formula is C13H9Cl2NO5S. The minimum absolute atomic E-state index is 0.0210. The first-order valence-electron chi connectivity index (χ1n) is 5.86. The Bertz CT molecular complexity index is 852. The van der Waals surface area contributed by atoms with E-state index in [0.29, 0.717) is 5.02 Å². The Hall–Kier alpha value is -1.83. The van der Waals surface area contributed by atoms with Crippen LogP contribution in [0.3, 0.4) is 0 Å². The molecule has 22 heavy (non-hydrogen) atoms. The molecule has 0 saturated carbocycles. The minimum Gasteiger partial charge on any atom is -0.377 e. The number of halogens is 2. The van der Waals surface area contributed by atoms with Gasteiger partial charge in [-0.05, 0) is 30.7 Å². The average molecular weight is 362 g/mol. The summed E-state index contributed by atoms with van der Waals surface area (Å²) in [5.74, 6) is -0.163. The summed E-state index contributed by atoms with van der Waals surface area (Å²) in [6, 6.07) is 7.89. The van der Waals surface area contributed by atoms with Crippen molar-refractivity contribution in [2.24, 2.45) is 0 Å². The monoisotopic (exact) mass is 361 g/mol. The van der Waals surface area contributed by atoms with Gasteiger partial charge in [-0.1, -0.05) is 35.3 Å². The molecule has 0 aliphatic carbocycles. The molecule has 6 nitrogen and oxygen atoms in total. The molecule has 0 heterocycles. The molecule has 0 saturated heterocycles. The van der Waals surface area contributed by atoms with Crippen LogP contribution in [-0.4, -0.2) is 13.3 Å². The zero-order valence-electron chi connectivity index (χ0n) is 11.1. The first-order valence-corrected chi connectivity index (χ1v) is 8.02. The quantitative estimate of drug-likeness (QED) is 0.467. The fraction of sp³-hybridized carbons (Fsp3) is 0.0769. The Morgan fingerprint density at radius 3 is 2.45 bits per heavy atom. The van der Waals surface area contributed by atoms with Crippen LogP contribution in [0.25, 0.3) is 0 Å². The van der Waals surface area contributed by atoms with Gasteiger partial charge in [0.2, 0.25) is 0 Å². The topological polar surface area (TPSA) is 86.5 Å². The molecule has 0 aliphatic rings. The van der Waals surface area contributed by atoms with E-state index in [1.807, 2.05) is 0 Å². The van der Waals surface area contributed by atoms with Crippen LogP contribution in [0.2, 0.25) is 10.0 Å². The molecule has 0 radical (unpaired) electrons. The molecule has 0 bridgehead atoms. The number of aryl methyl sites for hydroxylation is 1. The van der Waals surface area contributed by atoms with E-state index in [9.17, 15) is 18.5 Å². The molecular weight excluding hydrogens is 353 g/mol. The maximum Gasteiger partial charge on any atom is 0.346 e. The van der Waals surface area contributed by atoms with E-state index in [0.717, 1.165) is 6.07 Å². The number of nitro groups is 1. The second-order valence-electron chi connectivity index (χ2n) is 4.29. The van der Waals surface area contributed by atoms with E-state index >= 15 is 0 Å². The fourth-order valence-corrected chi connectivity index (χ4v) is 3.63. The molecule has 0 fully saturated rings. The first kappa shape index (κ1) is 16.5. The lowest BCUT2D eigenvalue weighted by Gasteiger charge is -2.10. The highest BCUT2D eigenvalue weighted by atomic mass is 35.5. The average Bonchev–Trinajstić information content (AvgIpc) is 2.41. The van der Waals surface area contributed by atoms with E-state index in [-0.39, 0.29) is 16.3 Å². The van der Waals surface area contributed by atoms with Crippen LogP contribution < -0.4 is 4.18 Å². The van der Waals surface area contributed by atoms with Crippen LogP contribution >= 0.6 is 23.2 Å². The van der Waals surface area contributed by atoms with Gasteiger partial charge in [0.05, 0.1) is 9.95 Å². The van der Waals surface area contributed by atoms with Gasteiger partial charge in [0.1, 0.15) is 0 Å². The van der Waals surface area contributed by atoms with Crippen LogP contribution in [-0.2, 0) is 10.1 Å². The number of hydrogen-bond donors (Lipinski definition) is 0. The summed E-state index contributed by atoms with van der Waals surface area (Å²) in [5.41, 5.74) is -0.371. The third-order valence-electron chi connectivity index (χ3n) is 2.73.